The topological polar surface area (TPSA) is 30.8 Å². The maximum Gasteiger partial charge on any atom is 0.161 e. The maximum atomic E-state index is 5.41. The molecule has 0 spiro atoms. The Morgan fingerprint density at radius 2 is 2.00 bits per heavy atom. The van der Waals surface area contributed by atoms with E-state index in [1.165, 1.54) is 16.0 Å². The van der Waals surface area contributed by atoms with Gasteiger partial charge in [0.1, 0.15) is 0 Å². The number of nitrogens with zero attached hydrogens (tertiary/aromatic N) is 1. The van der Waals surface area contributed by atoms with E-state index in [0.717, 1.165) is 36.6 Å². The third-order valence-electron chi connectivity index (χ3n) is 3.53. The number of ether oxygens (including phenoxy) is 2. The Bertz CT molecular complexity index is 632. The summed E-state index contributed by atoms with van der Waals surface area (Å²) >= 11 is 1.77. The van der Waals surface area contributed by atoms with Gasteiger partial charge in [-0.3, -0.25) is 4.99 Å². The van der Waals surface area contributed by atoms with E-state index < -0.39 is 0 Å². The lowest BCUT2D eigenvalue weighted by molar-refractivity contribution is 0.354. The average molecular weight is 287 g/mol. The summed E-state index contributed by atoms with van der Waals surface area (Å²) in [6.07, 6.45) is 1.85. The lowest BCUT2D eigenvalue weighted by Gasteiger charge is -2.19. The highest BCUT2D eigenvalue weighted by molar-refractivity contribution is 7.10. The minimum atomic E-state index is 0.770. The van der Waals surface area contributed by atoms with Gasteiger partial charge in [-0.2, -0.15) is 0 Å². The SMILES string of the molecule is COc1cc2c(cc1OC)C(Cc1cccs1)=NCC2. The summed E-state index contributed by atoms with van der Waals surface area (Å²) in [5.74, 6) is 1.57. The van der Waals surface area contributed by atoms with Crippen LogP contribution in [0, 0.1) is 0 Å². The molecule has 2 aromatic rings. The van der Waals surface area contributed by atoms with Gasteiger partial charge in [-0.1, -0.05) is 6.07 Å². The summed E-state index contributed by atoms with van der Waals surface area (Å²) in [6.45, 7) is 0.850. The number of hydrogen-bond donors (Lipinski definition) is 0. The van der Waals surface area contributed by atoms with Gasteiger partial charge in [0.05, 0.1) is 14.2 Å². The summed E-state index contributed by atoms with van der Waals surface area (Å²) in [4.78, 5) is 6.04. The van der Waals surface area contributed by atoms with Crippen molar-refractivity contribution in [3.8, 4) is 11.5 Å². The van der Waals surface area contributed by atoms with Crippen LogP contribution in [-0.2, 0) is 12.8 Å². The molecular weight excluding hydrogens is 270 g/mol. The number of rotatable bonds is 4. The van der Waals surface area contributed by atoms with Gasteiger partial charge in [0.2, 0.25) is 0 Å². The predicted molar refractivity (Wildman–Crippen MR) is 82.7 cm³/mol. The van der Waals surface area contributed by atoms with Gasteiger partial charge in [-0.05, 0) is 35.6 Å². The zero-order chi connectivity index (χ0) is 13.9. The molecule has 0 radical (unpaired) electrons. The van der Waals surface area contributed by atoms with Gasteiger partial charge < -0.3 is 9.47 Å². The third kappa shape index (κ3) is 2.43. The van der Waals surface area contributed by atoms with Crippen molar-refractivity contribution in [3.63, 3.8) is 0 Å². The van der Waals surface area contributed by atoms with Crippen molar-refractivity contribution in [1.29, 1.82) is 0 Å². The Morgan fingerprint density at radius 3 is 2.70 bits per heavy atom. The third-order valence-corrected chi connectivity index (χ3v) is 4.40. The fraction of sp³-hybridized carbons (Fsp3) is 0.312. The van der Waals surface area contributed by atoms with Crippen molar-refractivity contribution in [2.24, 2.45) is 4.99 Å². The van der Waals surface area contributed by atoms with Gasteiger partial charge in [0, 0.05) is 29.1 Å². The first kappa shape index (κ1) is 13.2. The summed E-state index contributed by atoms with van der Waals surface area (Å²) in [7, 11) is 3.34. The normalized spacial score (nSPS) is 13.6. The van der Waals surface area contributed by atoms with Gasteiger partial charge in [-0.25, -0.2) is 0 Å². The van der Waals surface area contributed by atoms with Gasteiger partial charge >= 0.3 is 0 Å². The molecule has 0 bridgehead atoms. The largest absolute Gasteiger partial charge is 0.493 e. The van der Waals surface area contributed by atoms with Crippen molar-refractivity contribution < 1.29 is 9.47 Å². The smallest absolute Gasteiger partial charge is 0.161 e. The van der Waals surface area contributed by atoms with Gasteiger partial charge in [0.25, 0.3) is 0 Å². The van der Waals surface area contributed by atoms with E-state index >= 15 is 0 Å². The van der Waals surface area contributed by atoms with Crippen LogP contribution >= 0.6 is 11.3 Å². The molecular formula is C16H17NO2S. The first-order valence-electron chi connectivity index (χ1n) is 6.63. The highest BCUT2D eigenvalue weighted by Gasteiger charge is 2.18. The highest BCUT2D eigenvalue weighted by atomic mass is 32.1. The Morgan fingerprint density at radius 1 is 1.20 bits per heavy atom. The van der Waals surface area contributed by atoms with E-state index in [1.807, 2.05) is 0 Å². The van der Waals surface area contributed by atoms with Crippen LogP contribution in [0.2, 0.25) is 0 Å². The standard InChI is InChI=1S/C16H17NO2S/c1-18-15-8-11-5-6-17-14(9-12-4-3-7-20-12)13(11)10-16(15)19-2/h3-4,7-8,10H,5-6,9H2,1-2H3. The first-order valence-corrected chi connectivity index (χ1v) is 7.50. The Hall–Kier alpha value is -1.81. The summed E-state index contributed by atoms with van der Waals surface area (Å²) in [5.41, 5.74) is 3.64. The summed E-state index contributed by atoms with van der Waals surface area (Å²) in [6, 6.07) is 8.37. The minimum Gasteiger partial charge on any atom is -0.493 e. The Balaban J connectivity index is 1.99. The lowest BCUT2D eigenvalue weighted by atomic mass is 9.95. The van der Waals surface area contributed by atoms with Crippen molar-refractivity contribution in [1.82, 2.24) is 0 Å². The molecule has 0 fully saturated rings. The molecule has 0 unspecified atom stereocenters. The van der Waals surface area contributed by atoms with Crippen LogP contribution < -0.4 is 9.47 Å². The molecule has 1 aromatic heterocycles. The zero-order valence-electron chi connectivity index (χ0n) is 11.7. The van der Waals surface area contributed by atoms with Crippen molar-refractivity contribution in [2.45, 2.75) is 12.8 Å². The second kappa shape index (κ2) is 5.67. The van der Waals surface area contributed by atoms with E-state index in [9.17, 15) is 0 Å². The Labute approximate surface area is 122 Å². The molecule has 3 nitrogen and oxygen atoms in total. The number of thiophene rings is 1. The number of fused-ring (bicyclic) bond motifs is 1. The van der Waals surface area contributed by atoms with Crippen LogP contribution in [0.15, 0.2) is 34.6 Å². The minimum absolute atomic E-state index is 0.770. The molecule has 0 saturated heterocycles. The van der Waals surface area contributed by atoms with Crippen LogP contribution in [0.25, 0.3) is 0 Å². The van der Waals surface area contributed by atoms with Crippen LogP contribution in [0.3, 0.4) is 0 Å². The summed E-state index contributed by atoms with van der Waals surface area (Å²) < 4.78 is 10.8. The monoisotopic (exact) mass is 287 g/mol. The van der Waals surface area contributed by atoms with E-state index in [1.54, 1.807) is 25.6 Å². The van der Waals surface area contributed by atoms with E-state index in [2.05, 4.69) is 29.6 Å². The molecule has 3 rings (SSSR count). The fourth-order valence-corrected chi connectivity index (χ4v) is 3.23. The molecule has 2 heterocycles. The molecule has 4 heteroatoms. The van der Waals surface area contributed by atoms with Gasteiger partial charge in [0.15, 0.2) is 11.5 Å². The van der Waals surface area contributed by atoms with Crippen LogP contribution in [0.5, 0.6) is 11.5 Å². The Kier molecular flexibility index (Phi) is 3.74. The second-order valence-corrected chi connectivity index (χ2v) is 5.73. The number of benzene rings is 1. The van der Waals surface area contributed by atoms with E-state index in [4.69, 9.17) is 14.5 Å². The number of hydrogen-bond acceptors (Lipinski definition) is 4. The molecule has 1 aromatic carbocycles. The first-order chi connectivity index (χ1) is 9.81. The van der Waals surface area contributed by atoms with Crippen molar-refractivity contribution in [2.75, 3.05) is 20.8 Å². The van der Waals surface area contributed by atoms with Gasteiger partial charge in [-0.15, -0.1) is 11.3 Å². The number of methoxy groups -OCH3 is 2. The molecule has 0 N–H and O–H groups in total. The van der Waals surface area contributed by atoms with Crippen molar-refractivity contribution >= 4 is 17.0 Å². The van der Waals surface area contributed by atoms with Crippen LogP contribution in [0.1, 0.15) is 16.0 Å². The van der Waals surface area contributed by atoms with E-state index in [-0.39, 0.29) is 0 Å². The molecule has 104 valence electrons. The van der Waals surface area contributed by atoms with Crippen LogP contribution in [0.4, 0.5) is 0 Å². The second-order valence-electron chi connectivity index (χ2n) is 4.70. The molecule has 0 atom stereocenters. The lowest BCUT2D eigenvalue weighted by Crippen LogP contribution is -2.15. The zero-order valence-corrected chi connectivity index (χ0v) is 12.5. The molecule has 1 aliphatic heterocycles. The molecule has 0 saturated carbocycles. The number of aliphatic imine (C=N–C) groups is 1. The average Bonchev–Trinajstić information content (AvgIpc) is 2.99. The van der Waals surface area contributed by atoms with Crippen molar-refractivity contribution in [3.05, 3.63) is 45.6 Å². The molecule has 0 aliphatic carbocycles. The maximum absolute atomic E-state index is 5.41. The molecule has 1 aliphatic rings. The van der Waals surface area contributed by atoms with E-state index in [0.29, 0.717) is 0 Å². The summed E-state index contributed by atoms with van der Waals surface area (Å²) in [5, 5.41) is 2.11. The van der Waals surface area contributed by atoms with Crippen LogP contribution in [-0.4, -0.2) is 26.5 Å². The quantitative estimate of drug-likeness (QED) is 0.863. The molecule has 20 heavy (non-hydrogen) atoms. The predicted octanol–water partition coefficient (Wildman–Crippen LogP) is 3.35. The molecule has 0 amide bonds. The fourth-order valence-electron chi connectivity index (χ4n) is 2.52. The highest BCUT2D eigenvalue weighted by Crippen LogP contribution is 2.33.